The molecule has 0 aromatic carbocycles. The Balaban J connectivity index is 2.16. The summed E-state index contributed by atoms with van der Waals surface area (Å²) in [6.45, 7) is 2.74. The second-order valence-electron chi connectivity index (χ2n) is 5.32. The van der Waals surface area contributed by atoms with Crippen LogP contribution in [0.15, 0.2) is 11.6 Å². The third-order valence-corrected chi connectivity index (χ3v) is 3.61. The zero-order valence-electron chi connectivity index (χ0n) is 12.3. The Morgan fingerprint density at radius 3 is 2.75 bits per heavy atom. The summed E-state index contributed by atoms with van der Waals surface area (Å²) in [7, 11) is 0. The molecule has 0 aromatic rings. The molecule has 0 spiro atoms. The molecule has 0 aliphatic heterocycles. The van der Waals surface area contributed by atoms with E-state index >= 15 is 0 Å². The van der Waals surface area contributed by atoms with Crippen LogP contribution in [0.2, 0.25) is 0 Å². The van der Waals surface area contributed by atoms with Crippen LogP contribution in [0.1, 0.15) is 51.9 Å². The van der Waals surface area contributed by atoms with Gasteiger partial charge in [-0.2, -0.15) is 0 Å². The first kappa shape index (κ1) is 16.5. The number of hydrogen-bond donors (Lipinski definition) is 3. The van der Waals surface area contributed by atoms with Gasteiger partial charge in [0, 0.05) is 13.1 Å². The van der Waals surface area contributed by atoms with Crippen molar-refractivity contribution in [3.8, 4) is 0 Å². The van der Waals surface area contributed by atoms with E-state index in [1.807, 2.05) is 6.92 Å². The first-order chi connectivity index (χ1) is 9.63. The monoisotopic (exact) mass is 282 g/mol. The van der Waals surface area contributed by atoms with Gasteiger partial charge in [-0.25, -0.2) is 4.79 Å². The zero-order chi connectivity index (χ0) is 14.8. The summed E-state index contributed by atoms with van der Waals surface area (Å²) in [5.41, 5.74) is 1.42. The molecule has 1 aliphatic carbocycles. The lowest BCUT2D eigenvalue weighted by Crippen LogP contribution is -2.40. The van der Waals surface area contributed by atoms with E-state index in [-0.39, 0.29) is 12.6 Å². The lowest BCUT2D eigenvalue weighted by molar-refractivity contribution is -0.141. The average molecular weight is 282 g/mol. The van der Waals surface area contributed by atoms with Crippen molar-refractivity contribution in [1.82, 2.24) is 10.6 Å². The van der Waals surface area contributed by atoms with E-state index in [1.54, 1.807) is 0 Å². The van der Waals surface area contributed by atoms with Gasteiger partial charge in [0.2, 0.25) is 0 Å². The highest BCUT2D eigenvalue weighted by Gasteiger charge is 2.16. The summed E-state index contributed by atoms with van der Waals surface area (Å²) in [6, 6.07) is -0.274. The number of urea groups is 1. The maximum atomic E-state index is 11.6. The van der Waals surface area contributed by atoms with Gasteiger partial charge in [-0.15, -0.1) is 0 Å². The van der Waals surface area contributed by atoms with Gasteiger partial charge in [-0.05, 0) is 38.5 Å². The normalized spacial score (nSPS) is 16.1. The van der Waals surface area contributed by atoms with Gasteiger partial charge < -0.3 is 15.7 Å². The highest BCUT2D eigenvalue weighted by molar-refractivity contribution is 5.75. The minimum Gasteiger partial charge on any atom is -0.481 e. The molecule has 1 unspecified atom stereocenters. The molecule has 0 fully saturated rings. The topological polar surface area (TPSA) is 78.4 Å². The van der Waals surface area contributed by atoms with Crippen LogP contribution in [0.25, 0.3) is 0 Å². The summed E-state index contributed by atoms with van der Waals surface area (Å²) in [4.78, 5) is 22.5. The number of rotatable bonds is 8. The van der Waals surface area contributed by atoms with Crippen molar-refractivity contribution in [3.63, 3.8) is 0 Å². The molecule has 0 heterocycles. The summed E-state index contributed by atoms with van der Waals surface area (Å²) in [6.07, 6.45) is 9.35. The van der Waals surface area contributed by atoms with Gasteiger partial charge in [-0.3, -0.25) is 4.79 Å². The molecule has 5 heteroatoms. The lowest BCUT2D eigenvalue weighted by atomic mass is 9.97. The van der Waals surface area contributed by atoms with Crippen molar-refractivity contribution in [1.29, 1.82) is 0 Å². The minimum absolute atomic E-state index is 0.192. The van der Waals surface area contributed by atoms with E-state index < -0.39 is 11.9 Å². The number of allylic oxidation sites excluding steroid dienone is 1. The first-order valence-corrected chi connectivity index (χ1v) is 7.56. The van der Waals surface area contributed by atoms with E-state index in [0.717, 1.165) is 25.7 Å². The van der Waals surface area contributed by atoms with Gasteiger partial charge >= 0.3 is 12.0 Å². The molecule has 0 saturated carbocycles. The van der Waals surface area contributed by atoms with E-state index in [4.69, 9.17) is 5.11 Å². The third kappa shape index (κ3) is 6.59. The standard InChI is InChI=1S/C15H26N2O3/c1-2-6-13(14(18)19)11-17-15(20)16-10-9-12-7-4-3-5-8-12/h7,13H,2-6,8-11H2,1H3,(H,18,19)(H2,16,17,20). The molecule has 1 rings (SSSR count). The molecule has 114 valence electrons. The van der Waals surface area contributed by atoms with Gasteiger partial charge in [0.05, 0.1) is 5.92 Å². The van der Waals surface area contributed by atoms with Crippen molar-refractivity contribution >= 4 is 12.0 Å². The largest absolute Gasteiger partial charge is 0.481 e. The van der Waals surface area contributed by atoms with Crippen LogP contribution < -0.4 is 10.6 Å². The average Bonchev–Trinajstić information content (AvgIpc) is 2.44. The highest BCUT2D eigenvalue weighted by atomic mass is 16.4. The van der Waals surface area contributed by atoms with E-state index in [9.17, 15) is 9.59 Å². The van der Waals surface area contributed by atoms with Crippen LogP contribution in [-0.4, -0.2) is 30.2 Å². The predicted molar refractivity (Wildman–Crippen MR) is 78.6 cm³/mol. The molecular formula is C15H26N2O3. The van der Waals surface area contributed by atoms with Gasteiger partial charge in [-0.1, -0.05) is 25.0 Å². The molecular weight excluding hydrogens is 256 g/mol. The van der Waals surface area contributed by atoms with Crippen molar-refractivity contribution in [3.05, 3.63) is 11.6 Å². The Kier molecular flexibility index (Phi) is 7.77. The smallest absolute Gasteiger partial charge is 0.314 e. The zero-order valence-corrected chi connectivity index (χ0v) is 12.3. The van der Waals surface area contributed by atoms with Crippen molar-refractivity contribution in [2.45, 2.75) is 51.9 Å². The summed E-state index contributed by atoms with van der Waals surface area (Å²) in [5, 5.41) is 14.4. The highest BCUT2D eigenvalue weighted by Crippen LogP contribution is 2.19. The molecule has 1 aliphatic rings. The SMILES string of the molecule is CCCC(CNC(=O)NCCC1=CCCCC1)C(=O)O. The second-order valence-corrected chi connectivity index (χ2v) is 5.32. The first-order valence-electron chi connectivity index (χ1n) is 7.56. The third-order valence-electron chi connectivity index (χ3n) is 3.61. The van der Waals surface area contributed by atoms with Crippen LogP contribution >= 0.6 is 0 Å². The molecule has 0 aromatic heterocycles. The predicted octanol–water partition coefficient (Wildman–Crippen LogP) is 2.68. The number of carboxylic acid groups (broad SMARTS) is 1. The fraction of sp³-hybridized carbons (Fsp3) is 0.733. The van der Waals surface area contributed by atoms with Crippen LogP contribution in [-0.2, 0) is 4.79 Å². The summed E-state index contributed by atoms with van der Waals surface area (Å²) < 4.78 is 0. The van der Waals surface area contributed by atoms with E-state index in [0.29, 0.717) is 13.0 Å². The van der Waals surface area contributed by atoms with Gasteiger partial charge in [0.25, 0.3) is 0 Å². The quantitative estimate of drug-likeness (QED) is 0.599. The Hall–Kier alpha value is -1.52. The number of carbonyl (C=O) groups is 2. The molecule has 3 N–H and O–H groups in total. The molecule has 1 atom stereocenters. The van der Waals surface area contributed by atoms with Crippen LogP contribution in [0, 0.1) is 5.92 Å². The fourth-order valence-electron chi connectivity index (χ4n) is 2.41. The lowest BCUT2D eigenvalue weighted by Gasteiger charge is -2.15. The molecule has 5 nitrogen and oxygen atoms in total. The fourth-order valence-corrected chi connectivity index (χ4v) is 2.41. The maximum Gasteiger partial charge on any atom is 0.314 e. The molecule has 20 heavy (non-hydrogen) atoms. The van der Waals surface area contributed by atoms with Gasteiger partial charge in [0.1, 0.15) is 0 Å². The minimum atomic E-state index is -0.848. The number of aliphatic carboxylic acids is 1. The molecule has 0 bridgehead atoms. The number of amides is 2. The number of carbonyl (C=O) groups excluding carboxylic acids is 1. The number of nitrogens with one attached hydrogen (secondary N) is 2. The van der Waals surface area contributed by atoms with E-state index in [2.05, 4.69) is 16.7 Å². The Morgan fingerprint density at radius 2 is 2.15 bits per heavy atom. The maximum absolute atomic E-state index is 11.6. The summed E-state index contributed by atoms with van der Waals surface area (Å²) >= 11 is 0. The van der Waals surface area contributed by atoms with E-state index in [1.165, 1.54) is 18.4 Å². The summed E-state index contributed by atoms with van der Waals surface area (Å²) in [5.74, 6) is -1.34. The van der Waals surface area contributed by atoms with Crippen molar-refractivity contribution < 1.29 is 14.7 Å². The van der Waals surface area contributed by atoms with Crippen molar-refractivity contribution in [2.75, 3.05) is 13.1 Å². The molecule has 2 amide bonds. The molecule has 0 saturated heterocycles. The second kappa shape index (κ2) is 9.39. The number of carboxylic acids is 1. The molecule has 0 radical (unpaired) electrons. The Morgan fingerprint density at radius 1 is 1.35 bits per heavy atom. The Labute approximate surface area is 120 Å². The van der Waals surface area contributed by atoms with Crippen LogP contribution in [0.4, 0.5) is 4.79 Å². The van der Waals surface area contributed by atoms with Crippen LogP contribution in [0.3, 0.4) is 0 Å². The van der Waals surface area contributed by atoms with Gasteiger partial charge in [0.15, 0.2) is 0 Å². The van der Waals surface area contributed by atoms with Crippen molar-refractivity contribution in [2.24, 2.45) is 5.92 Å². The number of hydrogen-bond acceptors (Lipinski definition) is 2. The Bertz CT molecular complexity index is 353. The van der Waals surface area contributed by atoms with Crippen LogP contribution in [0.5, 0.6) is 0 Å².